The zero-order chi connectivity index (χ0) is 14.1. The van der Waals surface area contributed by atoms with Crippen molar-refractivity contribution in [1.82, 2.24) is 14.5 Å². The largest absolute Gasteiger partial charge is 0.322 e. The monoisotopic (exact) mass is 295 g/mol. The third kappa shape index (κ3) is 2.42. The molecule has 2 heterocycles. The summed E-state index contributed by atoms with van der Waals surface area (Å²) in [6.45, 7) is 5.36. The summed E-state index contributed by atoms with van der Waals surface area (Å²) in [5, 5.41) is 0. The lowest BCUT2D eigenvalue weighted by Crippen LogP contribution is -2.36. The van der Waals surface area contributed by atoms with Crippen LogP contribution in [0.4, 0.5) is 4.39 Å². The molecule has 1 aromatic carbocycles. The molecule has 1 atom stereocenters. The molecule has 1 aromatic heterocycles. The highest BCUT2D eigenvalue weighted by atomic mass is 35.5. The van der Waals surface area contributed by atoms with Gasteiger partial charge in [0.15, 0.2) is 0 Å². The van der Waals surface area contributed by atoms with E-state index < -0.39 is 0 Å². The van der Waals surface area contributed by atoms with E-state index in [1.54, 1.807) is 12.1 Å². The molecule has 0 bridgehead atoms. The first-order chi connectivity index (χ1) is 9.72. The van der Waals surface area contributed by atoms with Gasteiger partial charge >= 0.3 is 0 Å². The predicted molar refractivity (Wildman–Crippen MR) is 79.6 cm³/mol. The van der Waals surface area contributed by atoms with Crippen molar-refractivity contribution in [2.24, 2.45) is 0 Å². The highest BCUT2D eigenvalue weighted by molar-refractivity contribution is 6.16. The quantitative estimate of drug-likeness (QED) is 0.807. The van der Waals surface area contributed by atoms with Gasteiger partial charge in [0.05, 0.1) is 16.9 Å². The van der Waals surface area contributed by atoms with Crippen molar-refractivity contribution in [1.29, 1.82) is 0 Å². The van der Waals surface area contributed by atoms with Crippen molar-refractivity contribution in [2.45, 2.75) is 31.7 Å². The Labute approximate surface area is 123 Å². The van der Waals surface area contributed by atoms with Crippen LogP contribution < -0.4 is 0 Å². The van der Waals surface area contributed by atoms with Crippen LogP contribution >= 0.6 is 11.6 Å². The lowest BCUT2D eigenvalue weighted by atomic mass is 10.1. The summed E-state index contributed by atoms with van der Waals surface area (Å²) in [6, 6.07) is 5.10. The Kier molecular flexibility index (Phi) is 3.94. The van der Waals surface area contributed by atoms with Crippen molar-refractivity contribution in [2.75, 3.05) is 19.6 Å². The zero-order valence-corrected chi connectivity index (χ0v) is 12.4. The molecule has 1 aliphatic heterocycles. The van der Waals surface area contributed by atoms with Gasteiger partial charge in [-0.3, -0.25) is 0 Å². The van der Waals surface area contributed by atoms with Crippen LogP contribution in [0.1, 0.15) is 31.6 Å². The average Bonchev–Trinajstić information content (AvgIpc) is 2.85. The van der Waals surface area contributed by atoms with Crippen LogP contribution in [-0.4, -0.2) is 34.1 Å². The first-order valence-corrected chi connectivity index (χ1v) is 7.71. The number of hydrogen-bond acceptors (Lipinski definition) is 2. The fraction of sp³-hybridized carbons (Fsp3) is 0.533. The van der Waals surface area contributed by atoms with E-state index in [9.17, 15) is 4.39 Å². The molecule has 0 aliphatic carbocycles. The number of benzene rings is 1. The van der Waals surface area contributed by atoms with E-state index in [0.29, 0.717) is 11.9 Å². The summed E-state index contributed by atoms with van der Waals surface area (Å²) in [5.41, 5.74) is 1.69. The number of fused-ring (bicyclic) bond motifs is 1. The number of nitrogens with zero attached hydrogens (tertiary/aromatic N) is 3. The maximum Gasteiger partial charge on any atom is 0.125 e. The SMILES string of the molecule is CCN1CCCC(n2c(CCl)nc3ccc(F)cc32)C1. The topological polar surface area (TPSA) is 21.1 Å². The molecule has 1 aliphatic rings. The minimum Gasteiger partial charge on any atom is -0.322 e. The third-order valence-corrected chi connectivity index (χ3v) is 4.38. The summed E-state index contributed by atoms with van der Waals surface area (Å²) >= 11 is 6.04. The number of rotatable bonds is 3. The van der Waals surface area contributed by atoms with Crippen molar-refractivity contribution in [3.63, 3.8) is 0 Å². The number of halogens is 2. The molecule has 0 N–H and O–H groups in total. The van der Waals surface area contributed by atoms with Gasteiger partial charge in [0.25, 0.3) is 0 Å². The van der Waals surface area contributed by atoms with E-state index >= 15 is 0 Å². The van der Waals surface area contributed by atoms with E-state index in [0.717, 1.165) is 49.3 Å². The number of hydrogen-bond donors (Lipinski definition) is 0. The van der Waals surface area contributed by atoms with Crippen molar-refractivity contribution in [3.05, 3.63) is 29.8 Å². The summed E-state index contributed by atoms with van der Waals surface area (Å²) in [7, 11) is 0. The first kappa shape index (κ1) is 13.8. The van der Waals surface area contributed by atoms with Crippen LogP contribution in [0, 0.1) is 5.82 Å². The molecular weight excluding hydrogens is 277 g/mol. The minimum atomic E-state index is -0.220. The second kappa shape index (κ2) is 5.70. The highest BCUT2D eigenvalue weighted by Gasteiger charge is 2.24. The van der Waals surface area contributed by atoms with Crippen molar-refractivity contribution >= 4 is 22.6 Å². The van der Waals surface area contributed by atoms with Crippen molar-refractivity contribution < 1.29 is 4.39 Å². The van der Waals surface area contributed by atoms with Crippen LogP contribution in [0.5, 0.6) is 0 Å². The van der Waals surface area contributed by atoms with Crippen LogP contribution in [0.3, 0.4) is 0 Å². The van der Waals surface area contributed by atoms with Crippen LogP contribution in [0.15, 0.2) is 18.2 Å². The smallest absolute Gasteiger partial charge is 0.125 e. The Hall–Kier alpha value is -1.13. The van der Waals surface area contributed by atoms with Crippen LogP contribution in [0.25, 0.3) is 11.0 Å². The summed E-state index contributed by atoms with van der Waals surface area (Å²) in [4.78, 5) is 6.97. The van der Waals surface area contributed by atoms with Crippen LogP contribution in [-0.2, 0) is 5.88 Å². The molecule has 0 spiro atoms. The van der Waals surface area contributed by atoms with Gasteiger partial charge in [-0.25, -0.2) is 9.37 Å². The molecule has 2 aromatic rings. The second-order valence-corrected chi connectivity index (χ2v) is 5.62. The lowest BCUT2D eigenvalue weighted by Gasteiger charge is -2.33. The van der Waals surface area contributed by atoms with Crippen molar-refractivity contribution in [3.8, 4) is 0 Å². The number of aromatic nitrogens is 2. The first-order valence-electron chi connectivity index (χ1n) is 7.17. The molecule has 3 rings (SSSR count). The fourth-order valence-electron chi connectivity index (χ4n) is 3.15. The summed E-state index contributed by atoms with van der Waals surface area (Å²) in [5.74, 6) is 0.983. The molecule has 0 radical (unpaired) electrons. The van der Waals surface area contributed by atoms with Gasteiger partial charge in [-0.2, -0.15) is 0 Å². The normalized spacial score (nSPS) is 20.6. The van der Waals surface area contributed by atoms with E-state index in [1.165, 1.54) is 6.07 Å². The van der Waals surface area contributed by atoms with E-state index in [-0.39, 0.29) is 5.82 Å². The second-order valence-electron chi connectivity index (χ2n) is 5.35. The van der Waals surface area contributed by atoms with Gasteiger partial charge in [-0.1, -0.05) is 6.92 Å². The fourth-order valence-corrected chi connectivity index (χ4v) is 3.34. The van der Waals surface area contributed by atoms with E-state index in [1.807, 2.05) is 0 Å². The maximum atomic E-state index is 13.6. The highest BCUT2D eigenvalue weighted by Crippen LogP contribution is 2.29. The number of likely N-dealkylation sites (tertiary alicyclic amines) is 1. The number of alkyl halides is 1. The Morgan fingerprint density at radius 3 is 3.05 bits per heavy atom. The Bertz CT molecular complexity index is 610. The average molecular weight is 296 g/mol. The molecule has 1 unspecified atom stereocenters. The molecular formula is C15H19ClFN3. The molecule has 1 fully saturated rings. The van der Waals surface area contributed by atoms with E-state index in [4.69, 9.17) is 11.6 Å². The number of piperidine rings is 1. The molecule has 3 nitrogen and oxygen atoms in total. The third-order valence-electron chi connectivity index (χ3n) is 4.14. The van der Waals surface area contributed by atoms with Crippen LogP contribution in [0.2, 0.25) is 0 Å². The Morgan fingerprint density at radius 2 is 2.30 bits per heavy atom. The Morgan fingerprint density at radius 1 is 1.45 bits per heavy atom. The van der Waals surface area contributed by atoms with Gasteiger partial charge < -0.3 is 9.47 Å². The lowest BCUT2D eigenvalue weighted by molar-refractivity contribution is 0.186. The van der Waals surface area contributed by atoms with Gasteiger partial charge in [0, 0.05) is 12.6 Å². The molecule has 5 heteroatoms. The van der Waals surface area contributed by atoms with Gasteiger partial charge in [0.1, 0.15) is 11.6 Å². The Balaban J connectivity index is 2.06. The molecule has 0 saturated carbocycles. The predicted octanol–water partition coefficient (Wildman–Crippen LogP) is 3.57. The zero-order valence-electron chi connectivity index (χ0n) is 11.6. The van der Waals surface area contributed by atoms with Gasteiger partial charge in [-0.15, -0.1) is 11.6 Å². The minimum absolute atomic E-state index is 0.220. The summed E-state index contributed by atoms with van der Waals surface area (Å²) in [6.07, 6.45) is 2.26. The summed E-state index contributed by atoms with van der Waals surface area (Å²) < 4.78 is 15.7. The number of imidazole rings is 1. The standard InChI is InChI=1S/C15H19ClFN3/c1-2-19-7-3-4-12(10-19)20-14-8-11(17)5-6-13(14)18-15(20)9-16/h5-6,8,12H,2-4,7,9-10H2,1H3. The van der Waals surface area contributed by atoms with Gasteiger partial charge in [0.2, 0.25) is 0 Å². The molecule has 108 valence electrons. The van der Waals surface area contributed by atoms with Gasteiger partial charge in [-0.05, 0) is 44.1 Å². The maximum absolute atomic E-state index is 13.6. The van der Waals surface area contributed by atoms with E-state index in [2.05, 4.69) is 21.4 Å². The number of likely N-dealkylation sites (N-methyl/N-ethyl adjacent to an activating group) is 1. The molecule has 20 heavy (non-hydrogen) atoms. The molecule has 0 amide bonds. The molecule has 1 saturated heterocycles.